The topological polar surface area (TPSA) is 57.6 Å². The van der Waals surface area contributed by atoms with Gasteiger partial charge in [-0.25, -0.2) is 0 Å². The van der Waals surface area contributed by atoms with Crippen molar-refractivity contribution in [2.75, 3.05) is 4.90 Å². The molecule has 1 atom stereocenters. The second-order valence-corrected chi connectivity index (χ2v) is 8.81. The maximum absolute atomic E-state index is 13.4. The Hall–Kier alpha value is -2.18. The summed E-state index contributed by atoms with van der Waals surface area (Å²) < 4.78 is 0.692. The number of halogens is 3. The number of rotatable bonds is 5. The van der Waals surface area contributed by atoms with E-state index < -0.39 is 23.7 Å². The van der Waals surface area contributed by atoms with Gasteiger partial charge < -0.3 is 10.0 Å². The molecule has 4 rings (SSSR count). The van der Waals surface area contributed by atoms with E-state index in [1.54, 1.807) is 54.6 Å². The number of amides is 1. The van der Waals surface area contributed by atoms with Gasteiger partial charge in [0, 0.05) is 20.6 Å². The van der Waals surface area contributed by atoms with Crippen LogP contribution in [0.1, 0.15) is 27.9 Å². The summed E-state index contributed by atoms with van der Waals surface area (Å²) in [7, 11) is 0. The van der Waals surface area contributed by atoms with Crippen molar-refractivity contribution in [2.45, 2.75) is 18.6 Å². The summed E-state index contributed by atoms with van der Waals surface area (Å²) in [6.07, 6.45) is -0.419. The van der Waals surface area contributed by atoms with Crippen molar-refractivity contribution in [3.05, 3.63) is 97.9 Å². The minimum Gasteiger partial charge on any atom is -0.375 e. The first-order valence-corrected chi connectivity index (χ1v) is 10.7. The van der Waals surface area contributed by atoms with Crippen molar-refractivity contribution in [3.8, 4) is 0 Å². The van der Waals surface area contributed by atoms with E-state index in [9.17, 15) is 14.7 Å². The Morgan fingerprint density at radius 2 is 1.67 bits per heavy atom. The molecule has 0 spiro atoms. The molecule has 1 aliphatic rings. The molecule has 7 heteroatoms. The number of carbonyl (C=O) groups is 2. The molecule has 3 aromatic rings. The van der Waals surface area contributed by atoms with Crippen LogP contribution in [0.4, 0.5) is 5.69 Å². The molecular formula is C23H16BrCl2NO3. The van der Waals surface area contributed by atoms with Crippen molar-refractivity contribution in [1.82, 2.24) is 0 Å². The second-order valence-electron chi connectivity index (χ2n) is 7.08. The van der Waals surface area contributed by atoms with Crippen molar-refractivity contribution < 1.29 is 14.7 Å². The standard InChI is InChI=1S/C23H16BrCl2NO3/c24-15-9-10-20-17(11-15)23(30,12-21(28)16-6-2-4-8-19(16)26)22(29)27(20)13-14-5-1-3-7-18(14)25/h1-11,30H,12-13H2. The normalized spacial score (nSPS) is 17.9. The number of aliphatic hydroxyl groups is 1. The van der Waals surface area contributed by atoms with Crippen LogP contribution in [0.3, 0.4) is 0 Å². The molecule has 0 saturated carbocycles. The van der Waals surface area contributed by atoms with Crippen LogP contribution in [-0.2, 0) is 16.9 Å². The molecule has 152 valence electrons. The van der Waals surface area contributed by atoms with E-state index in [0.717, 1.165) is 5.56 Å². The Balaban J connectivity index is 1.74. The summed E-state index contributed by atoms with van der Waals surface area (Å²) in [5.41, 5.74) is -0.0900. The zero-order chi connectivity index (χ0) is 21.5. The zero-order valence-electron chi connectivity index (χ0n) is 15.6. The predicted octanol–water partition coefficient (Wildman–Crippen LogP) is 5.76. The van der Waals surface area contributed by atoms with Crippen LogP contribution < -0.4 is 4.90 Å². The Morgan fingerprint density at radius 3 is 2.37 bits per heavy atom. The molecule has 0 aliphatic carbocycles. The first kappa shape index (κ1) is 21.1. The highest BCUT2D eigenvalue weighted by molar-refractivity contribution is 9.10. The van der Waals surface area contributed by atoms with Gasteiger partial charge in [-0.2, -0.15) is 0 Å². The number of ketones is 1. The van der Waals surface area contributed by atoms with E-state index in [-0.39, 0.29) is 17.1 Å². The molecule has 1 heterocycles. The van der Waals surface area contributed by atoms with Gasteiger partial charge in [0.15, 0.2) is 11.4 Å². The first-order valence-electron chi connectivity index (χ1n) is 9.17. The van der Waals surface area contributed by atoms with Gasteiger partial charge in [0.25, 0.3) is 5.91 Å². The van der Waals surface area contributed by atoms with Gasteiger partial charge in [-0.1, -0.05) is 69.5 Å². The molecule has 3 aromatic carbocycles. The third-order valence-electron chi connectivity index (χ3n) is 5.17. The van der Waals surface area contributed by atoms with Gasteiger partial charge in [-0.15, -0.1) is 0 Å². The third kappa shape index (κ3) is 3.67. The fraction of sp³-hybridized carbons (Fsp3) is 0.130. The van der Waals surface area contributed by atoms with E-state index in [0.29, 0.717) is 20.7 Å². The number of fused-ring (bicyclic) bond motifs is 1. The van der Waals surface area contributed by atoms with Crippen LogP contribution in [-0.4, -0.2) is 16.8 Å². The molecular weight excluding hydrogens is 489 g/mol. The molecule has 1 aliphatic heterocycles. The number of hydrogen-bond donors (Lipinski definition) is 1. The molecule has 1 amide bonds. The summed E-state index contributed by atoms with van der Waals surface area (Å²) in [5, 5.41) is 12.3. The molecule has 0 aromatic heterocycles. The van der Waals surface area contributed by atoms with Crippen molar-refractivity contribution in [3.63, 3.8) is 0 Å². The lowest BCUT2D eigenvalue weighted by Crippen LogP contribution is -2.41. The number of Topliss-reactive ketones (excluding diaryl/α,β-unsaturated/α-hetero) is 1. The van der Waals surface area contributed by atoms with Crippen LogP contribution in [0.2, 0.25) is 10.0 Å². The minimum absolute atomic E-state index is 0.176. The fourth-order valence-corrected chi connectivity index (χ4v) is 4.46. The van der Waals surface area contributed by atoms with Crippen LogP contribution in [0.15, 0.2) is 71.2 Å². The van der Waals surface area contributed by atoms with Gasteiger partial charge in [0.05, 0.1) is 23.7 Å². The maximum atomic E-state index is 13.4. The van der Waals surface area contributed by atoms with Gasteiger partial charge in [0.2, 0.25) is 0 Å². The van der Waals surface area contributed by atoms with Crippen LogP contribution in [0, 0.1) is 0 Å². The average Bonchev–Trinajstić information content (AvgIpc) is 2.91. The van der Waals surface area contributed by atoms with E-state index in [1.807, 2.05) is 12.1 Å². The second kappa shape index (κ2) is 8.16. The first-order chi connectivity index (χ1) is 14.3. The Bertz CT molecular complexity index is 1170. The molecule has 4 nitrogen and oxygen atoms in total. The van der Waals surface area contributed by atoms with Crippen LogP contribution in [0.25, 0.3) is 0 Å². The summed E-state index contributed by atoms with van der Waals surface area (Å²) in [6, 6.07) is 19.0. The molecule has 0 bridgehead atoms. The predicted molar refractivity (Wildman–Crippen MR) is 121 cm³/mol. The summed E-state index contributed by atoms with van der Waals surface area (Å²) in [4.78, 5) is 27.8. The van der Waals surface area contributed by atoms with Crippen LogP contribution in [0.5, 0.6) is 0 Å². The third-order valence-corrected chi connectivity index (χ3v) is 6.36. The Labute approximate surface area is 192 Å². The smallest absolute Gasteiger partial charge is 0.264 e. The zero-order valence-corrected chi connectivity index (χ0v) is 18.7. The Kier molecular flexibility index (Phi) is 5.73. The number of benzene rings is 3. The highest BCUT2D eigenvalue weighted by Gasteiger charge is 2.51. The largest absolute Gasteiger partial charge is 0.375 e. The van der Waals surface area contributed by atoms with Crippen molar-refractivity contribution in [1.29, 1.82) is 0 Å². The van der Waals surface area contributed by atoms with E-state index >= 15 is 0 Å². The van der Waals surface area contributed by atoms with E-state index in [1.165, 1.54) is 4.90 Å². The van der Waals surface area contributed by atoms with E-state index in [2.05, 4.69) is 15.9 Å². The number of carbonyl (C=O) groups excluding carboxylic acids is 2. The van der Waals surface area contributed by atoms with Gasteiger partial charge in [0.1, 0.15) is 0 Å². The lowest BCUT2D eigenvalue weighted by atomic mass is 9.88. The molecule has 1 N–H and O–H groups in total. The molecule has 0 fully saturated rings. The summed E-state index contributed by atoms with van der Waals surface area (Å²) >= 11 is 15.8. The highest BCUT2D eigenvalue weighted by Crippen LogP contribution is 2.45. The minimum atomic E-state index is -2.00. The Morgan fingerprint density at radius 1 is 1.00 bits per heavy atom. The molecule has 0 radical (unpaired) electrons. The van der Waals surface area contributed by atoms with Gasteiger partial charge >= 0.3 is 0 Å². The summed E-state index contributed by atoms with van der Waals surface area (Å²) in [6.45, 7) is 0.176. The molecule has 0 saturated heterocycles. The average molecular weight is 505 g/mol. The number of nitrogens with zero attached hydrogens (tertiary/aromatic N) is 1. The molecule has 1 unspecified atom stereocenters. The fourth-order valence-electron chi connectivity index (χ4n) is 3.66. The van der Waals surface area contributed by atoms with Gasteiger partial charge in [-0.3, -0.25) is 9.59 Å². The number of hydrogen-bond acceptors (Lipinski definition) is 3. The lowest BCUT2D eigenvalue weighted by Gasteiger charge is -2.23. The van der Waals surface area contributed by atoms with Gasteiger partial charge in [-0.05, 0) is 42.0 Å². The quantitative estimate of drug-likeness (QED) is 0.449. The summed E-state index contributed by atoms with van der Waals surface area (Å²) in [5.74, 6) is -0.988. The van der Waals surface area contributed by atoms with Crippen molar-refractivity contribution in [2.24, 2.45) is 0 Å². The monoisotopic (exact) mass is 503 g/mol. The lowest BCUT2D eigenvalue weighted by molar-refractivity contribution is -0.136. The number of anilines is 1. The SMILES string of the molecule is O=C(CC1(O)C(=O)N(Cc2ccccc2Cl)c2ccc(Br)cc21)c1ccccc1Cl. The van der Waals surface area contributed by atoms with Crippen LogP contribution >= 0.6 is 39.1 Å². The highest BCUT2D eigenvalue weighted by atomic mass is 79.9. The maximum Gasteiger partial charge on any atom is 0.264 e. The van der Waals surface area contributed by atoms with Crippen molar-refractivity contribution >= 4 is 56.5 Å². The van der Waals surface area contributed by atoms with E-state index in [4.69, 9.17) is 23.2 Å². The molecule has 30 heavy (non-hydrogen) atoms.